The average molecular weight is 306 g/mol. The van der Waals surface area contributed by atoms with Gasteiger partial charge in [-0.15, -0.1) is 0 Å². The monoisotopic (exact) mass is 305 g/mol. The zero-order valence-corrected chi connectivity index (χ0v) is 13.0. The quantitative estimate of drug-likeness (QED) is 0.834. The summed E-state index contributed by atoms with van der Waals surface area (Å²) in [6, 6.07) is 6.02. The third-order valence-corrected chi connectivity index (χ3v) is 3.80. The molecule has 0 atom stereocenters. The maximum Gasteiger partial charge on any atom is 0.127 e. The lowest BCUT2D eigenvalue weighted by Gasteiger charge is -2.09. The Balaban J connectivity index is 1.72. The van der Waals surface area contributed by atoms with Crippen LogP contribution >= 0.6 is 11.6 Å². The van der Waals surface area contributed by atoms with Crippen molar-refractivity contribution in [2.24, 2.45) is 0 Å². The molecule has 5 heteroatoms. The molecule has 4 nitrogen and oxygen atoms in total. The molecule has 2 aromatic rings. The Labute approximate surface area is 130 Å². The maximum atomic E-state index is 6.19. The minimum atomic E-state index is 0.691. The van der Waals surface area contributed by atoms with Crippen LogP contribution in [0.15, 0.2) is 24.4 Å². The topological polar surface area (TPSA) is 39.1 Å². The molecule has 0 unspecified atom stereocenters. The Kier molecular flexibility index (Phi) is 4.46. The summed E-state index contributed by atoms with van der Waals surface area (Å²) in [6.45, 7) is 5.42. The van der Waals surface area contributed by atoms with Gasteiger partial charge < -0.3 is 10.1 Å². The normalized spacial score (nSPS) is 13.2. The summed E-state index contributed by atoms with van der Waals surface area (Å²) in [5, 5.41) is 8.72. The number of aromatic nitrogens is 2. The molecule has 0 saturated heterocycles. The first kappa shape index (κ1) is 14.4. The first-order valence-electron chi connectivity index (χ1n) is 7.43. The van der Waals surface area contributed by atoms with E-state index in [0.29, 0.717) is 6.54 Å². The van der Waals surface area contributed by atoms with Crippen LogP contribution < -0.4 is 10.1 Å². The Morgan fingerprint density at radius 1 is 1.43 bits per heavy atom. The first-order chi connectivity index (χ1) is 10.3. The first-order valence-corrected chi connectivity index (χ1v) is 7.81. The van der Waals surface area contributed by atoms with Gasteiger partial charge in [-0.05, 0) is 36.7 Å². The second-order valence-electron chi connectivity index (χ2n) is 5.33. The fraction of sp³-hybridized carbons (Fsp3) is 0.438. The molecule has 1 aliphatic heterocycles. The summed E-state index contributed by atoms with van der Waals surface area (Å²) >= 11 is 6.19. The van der Waals surface area contributed by atoms with Crippen LogP contribution in [0.1, 0.15) is 30.2 Å². The second-order valence-corrected chi connectivity index (χ2v) is 5.77. The zero-order valence-electron chi connectivity index (χ0n) is 12.2. The molecule has 0 amide bonds. The summed E-state index contributed by atoms with van der Waals surface area (Å²) < 4.78 is 7.67. The lowest BCUT2D eigenvalue weighted by atomic mass is 10.1. The number of hydrogen-bond donors (Lipinski definition) is 1. The lowest BCUT2D eigenvalue weighted by Crippen LogP contribution is -2.14. The van der Waals surface area contributed by atoms with Crippen molar-refractivity contribution in [2.75, 3.05) is 13.2 Å². The fourth-order valence-electron chi connectivity index (χ4n) is 2.62. The molecule has 0 saturated carbocycles. The van der Waals surface area contributed by atoms with Gasteiger partial charge in [-0.25, -0.2) is 0 Å². The van der Waals surface area contributed by atoms with Gasteiger partial charge >= 0.3 is 0 Å². The number of benzene rings is 1. The molecule has 0 aliphatic carbocycles. The number of hydrogen-bond acceptors (Lipinski definition) is 3. The molecule has 0 fully saturated rings. The number of halogens is 1. The van der Waals surface area contributed by atoms with Crippen molar-refractivity contribution in [2.45, 2.75) is 32.9 Å². The second kappa shape index (κ2) is 6.50. The van der Waals surface area contributed by atoms with Crippen LogP contribution in [0.5, 0.6) is 5.75 Å². The van der Waals surface area contributed by atoms with Crippen molar-refractivity contribution in [3.8, 4) is 5.75 Å². The summed E-state index contributed by atoms with van der Waals surface area (Å²) in [5.41, 5.74) is 3.36. The standard InChI is InChI=1S/C16H20ClN3O/c1-2-5-18-10-15-3-6-20(19-15)11-13-9-14(17)8-12-4-7-21-16(12)13/h3,6,8-9,18H,2,4-5,7,10-11H2,1H3. The van der Waals surface area contributed by atoms with E-state index < -0.39 is 0 Å². The van der Waals surface area contributed by atoms with Crippen LogP contribution in [0.2, 0.25) is 5.02 Å². The average Bonchev–Trinajstić information content (AvgIpc) is 3.08. The van der Waals surface area contributed by atoms with E-state index in [0.717, 1.165) is 54.6 Å². The summed E-state index contributed by atoms with van der Waals surface area (Å²) in [7, 11) is 0. The number of nitrogens with one attached hydrogen (secondary N) is 1. The highest BCUT2D eigenvalue weighted by Gasteiger charge is 2.18. The molecule has 1 aliphatic rings. The molecule has 0 spiro atoms. The van der Waals surface area contributed by atoms with Crippen molar-refractivity contribution >= 4 is 11.6 Å². The Morgan fingerprint density at radius 3 is 3.19 bits per heavy atom. The summed E-state index contributed by atoms with van der Waals surface area (Å²) in [4.78, 5) is 0. The molecule has 21 heavy (non-hydrogen) atoms. The minimum Gasteiger partial charge on any atom is -0.493 e. The van der Waals surface area contributed by atoms with Crippen LogP contribution in [0, 0.1) is 0 Å². The zero-order chi connectivity index (χ0) is 14.7. The summed E-state index contributed by atoms with van der Waals surface area (Å²) in [5.74, 6) is 0.987. The molecule has 0 radical (unpaired) electrons. The number of nitrogens with zero attached hydrogens (tertiary/aromatic N) is 2. The summed E-state index contributed by atoms with van der Waals surface area (Å²) in [6.07, 6.45) is 4.08. The van der Waals surface area contributed by atoms with Crippen LogP contribution in [-0.2, 0) is 19.5 Å². The van der Waals surface area contributed by atoms with E-state index in [2.05, 4.69) is 17.3 Å². The van der Waals surface area contributed by atoms with E-state index >= 15 is 0 Å². The van der Waals surface area contributed by atoms with Gasteiger partial charge in [0, 0.05) is 29.7 Å². The van der Waals surface area contributed by atoms with Gasteiger partial charge in [0.1, 0.15) is 5.75 Å². The van der Waals surface area contributed by atoms with E-state index in [1.54, 1.807) is 0 Å². The van der Waals surface area contributed by atoms with Crippen LogP contribution in [0.3, 0.4) is 0 Å². The van der Waals surface area contributed by atoms with Gasteiger partial charge in [0.2, 0.25) is 0 Å². The molecule has 1 aromatic heterocycles. The van der Waals surface area contributed by atoms with Gasteiger partial charge in [0.15, 0.2) is 0 Å². The van der Waals surface area contributed by atoms with Crippen molar-refractivity contribution in [3.05, 3.63) is 46.2 Å². The van der Waals surface area contributed by atoms with E-state index in [-0.39, 0.29) is 0 Å². The van der Waals surface area contributed by atoms with Crippen LogP contribution in [0.4, 0.5) is 0 Å². The van der Waals surface area contributed by atoms with E-state index in [1.165, 1.54) is 5.56 Å². The number of fused-ring (bicyclic) bond motifs is 1. The highest BCUT2D eigenvalue weighted by Crippen LogP contribution is 2.33. The largest absolute Gasteiger partial charge is 0.493 e. The lowest BCUT2D eigenvalue weighted by molar-refractivity contribution is 0.352. The van der Waals surface area contributed by atoms with Crippen molar-refractivity contribution in [1.82, 2.24) is 15.1 Å². The van der Waals surface area contributed by atoms with Gasteiger partial charge in [-0.3, -0.25) is 4.68 Å². The smallest absolute Gasteiger partial charge is 0.127 e. The van der Waals surface area contributed by atoms with Gasteiger partial charge in [0.05, 0.1) is 18.8 Å². The van der Waals surface area contributed by atoms with Crippen molar-refractivity contribution in [3.63, 3.8) is 0 Å². The molecular weight excluding hydrogens is 286 g/mol. The highest BCUT2D eigenvalue weighted by molar-refractivity contribution is 6.30. The van der Waals surface area contributed by atoms with E-state index in [1.807, 2.05) is 29.1 Å². The number of ether oxygens (including phenoxy) is 1. The highest BCUT2D eigenvalue weighted by atomic mass is 35.5. The molecule has 112 valence electrons. The van der Waals surface area contributed by atoms with Gasteiger partial charge in [-0.2, -0.15) is 5.10 Å². The molecule has 1 N–H and O–H groups in total. The third kappa shape index (κ3) is 3.39. The molecular formula is C16H20ClN3O. The number of rotatable bonds is 6. The fourth-order valence-corrected chi connectivity index (χ4v) is 2.88. The van der Waals surface area contributed by atoms with E-state index in [9.17, 15) is 0 Å². The molecule has 2 heterocycles. The minimum absolute atomic E-state index is 0.691. The van der Waals surface area contributed by atoms with Gasteiger partial charge in [-0.1, -0.05) is 18.5 Å². The maximum absolute atomic E-state index is 6.19. The van der Waals surface area contributed by atoms with Gasteiger partial charge in [0.25, 0.3) is 0 Å². The Hall–Kier alpha value is -1.52. The third-order valence-electron chi connectivity index (χ3n) is 3.59. The van der Waals surface area contributed by atoms with Crippen molar-refractivity contribution < 1.29 is 4.74 Å². The van der Waals surface area contributed by atoms with Crippen LogP contribution in [-0.4, -0.2) is 22.9 Å². The molecule has 1 aromatic carbocycles. The molecule has 3 rings (SSSR count). The Bertz CT molecular complexity index is 624. The molecule has 0 bridgehead atoms. The predicted molar refractivity (Wildman–Crippen MR) is 84.0 cm³/mol. The van der Waals surface area contributed by atoms with Crippen LogP contribution in [0.25, 0.3) is 0 Å². The van der Waals surface area contributed by atoms with E-state index in [4.69, 9.17) is 16.3 Å². The SMILES string of the molecule is CCCNCc1ccn(Cc2cc(Cl)cc3c2OCC3)n1. The predicted octanol–water partition coefficient (Wildman–Crippen LogP) is 3.02. The van der Waals surface area contributed by atoms with Crippen molar-refractivity contribution in [1.29, 1.82) is 0 Å². The Morgan fingerprint density at radius 2 is 2.33 bits per heavy atom.